The zero-order valence-corrected chi connectivity index (χ0v) is 12.5. The highest BCUT2D eigenvalue weighted by atomic mass is 32.2. The lowest BCUT2D eigenvalue weighted by Gasteiger charge is -2.10. The average Bonchev–Trinajstić information content (AvgIpc) is 2.50. The Labute approximate surface area is 126 Å². The van der Waals surface area contributed by atoms with Crippen LogP contribution in [0.2, 0.25) is 0 Å². The Morgan fingerprint density at radius 2 is 1.95 bits per heavy atom. The minimum absolute atomic E-state index is 0.0288. The SMILES string of the molecule is Cn1cc(-c2cccc(S(N)(=O)=O)c2)c2ccncc2c1=O. The maximum Gasteiger partial charge on any atom is 0.259 e. The van der Waals surface area contributed by atoms with Crippen LogP contribution in [0.4, 0.5) is 0 Å². The van der Waals surface area contributed by atoms with Crippen LogP contribution in [0.3, 0.4) is 0 Å². The van der Waals surface area contributed by atoms with Crippen molar-refractivity contribution < 1.29 is 8.42 Å². The first-order chi connectivity index (χ1) is 10.4. The summed E-state index contributed by atoms with van der Waals surface area (Å²) in [5.74, 6) is 0. The van der Waals surface area contributed by atoms with Gasteiger partial charge in [-0.3, -0.25) is 9.78 Å². The molecule has 22 heavy (non-hydrogen) atoms. The van der Waals surface area contributed by atoms with Crippen LogP contribution in [0.15, 0.2) is 58.6 Å². The summed E-state index contributed by atoms with van der Waals surface area (Å²) in [6.07, 6.45) is 4.77. The van der Waals surface area contributed by atoms with E-state index in [2.05, 4.69) is 4.98 Å². The van der Waals surface area contributed by atoms with Gasteiger partial charge in [-0.1, -0.05) is 12.1 Å². The molecule has 0 atom stereocenters. The maximum absolute atomic E-state index is 12.1. The summed E-state index contributed by atoms with van der Waals surface area (Å²) in [6, 6.07) is 8.05. The third-order valence-corrected chi connectivity index (χ3v) is 4.37. The van der Waals surface area contributed by atoms with E-state index in [1.54, 1.807) is 37.6 Å². The van der Waals surface area contributed by atoms with Gasteiger partial charge < -0.3 is 4.57 Å². The van der Waals surface area contributed by atoms with E-state index < -0.39 is 10.0 Å². The minimum atomic E-state index is -3.79. The summed E-state index contributed by atoms with van der Waals surface area (Å²) in [4.78, 5) is 16.2. The molecule has 2 N–H and O–H groups in total. The van der Waals surface area contributed by atoms with Crippen LogP contribution >= 0.6 is 0 Å². The molecule has 0 fully saturated rings. The zero-order chi connectivity index (χ0) is 15.9. The standard InChI is InChI=1S/C15H13N3O3S/c1-18-9-14(12-5-6-17-8-13(12)15(18)19)10-3-2-4-11(7-10)22(16,20)21/h2-9H,1H3,(H2,16,20,21). The molecule has 0 aliphatic rings. The van der Waals surface area contributed by atoms with Gasteiger partial charge in [0.05, 0.1) is 10.3 Å². The molecule has 0 amide bonds. The van der Waals surface area contributed by atoms with Gasteiger partial charge in [-0.2, -0.15) is 0 Å². The van der Waals surface area contributed by atoms with Gasteiger partial charge in [0.15, 0.2) is 0 Å². The predicted molar refractivity (Wildman–Crippen MR) is 83.8 cm³/mol. The number of aryl methyl sites for hydroxylation is 1. The molecule has 0 unspecified atom stereocenters. The predicted octanol–water partition coefficient (Wildman–Crippen LogP) is 1.25. The van der Waals surface area contributed by atoms with E-state index in [4.69, 9.17) is 5.14 Å². The quantitative estimate of drug-likeness (QED) is 0.770. The summed E-state index contributed by atoms with van der Waals surface area (Å²) in [5.41, 5.74) is 1.25. The van der Waals surface area contributed by atoms with Crippen LogP contribution in [-0.4, -0.2) is 18.0 Å². The van der Waals surface area contributed by atoms with E-state index in [0.29, 0.717) is 16.3 Å². The monoisotopic (exact) mass is 315 g/mol. The second-order valence-corrected chi connectivity index (χ2v) is 6.51. The summed E-state index contributed by atoms with van der Waals surface area (Å²) in [7, 11) is -2.15. The van der Waals surface area contributed by atoms with Crippen LogP contribution in [0, 0.1) is 0 Å². The zero-order valence-electron chi connectivity index (χ0n) is 11.7. The molecule has 0 aliphatic heterocycles. The lowest BCUT2D eigenvalue weighted by molar-refractivity contribution is 0.598. The molecule has 2 heterocycles. The van der Waals surface area contributed by atoms with Crippen LogP contribution in [0.5, 0.6) is 0 Å². The van der Waals surface area contributed by atoms with Gasteiger partial charge in [0.25, 0.3) is 5.56 Å². The number of primary sulfonamides is 1. The van der Waals surface area contributed by atoms with Gasteiger partial charge in [0.1, 0.15) is 0 Å². The summed E-state index contributed by atoms with van der Waals surface area (Å²) < 4.78 is 24.5. The third-order valence-electron chi connectivity index (χ3n) is 3.46. The van der Waals surface area contributed by atoms with Crippen LogP contribution < -0.4 is 10.7 Å². The molecule has 3 aromatic rings. The molecule has 2 aromatic heterocycles. The first kappa shape index (κ1) is 14.4. The van der Waals surface area contributed by atoms with Crippen LogP contribution in [0.25, 0.3) is 21.9 Å². The van der Waals surface area contributed by atoms with Gasteiger partial charge in [0.2, 0.25) is 10.0 Å². The number of nitrogens with zero attached hydrogens (tertiary/aromatic N) is 2. The molecule has 6 nitrogen and oxygen atoms in total. The largest absolute Gasteiger partial charge is 0.317 e. The Balaban J connectivity index is 2.37. The Morgan fingerprint density at radius 1 is 1.18 bits per heavy atom. The van der Waals surface area contributed by atoms with Crippen molar-refractivity contribution in [3.63, 3.8) is 0 Å². The summed E-state index contributed by atoms with van der Waals surface area (Å²) in [5, 5.41) is 6.37. The molecule has 0 saturated carbocycles. The maximum atomic E-state index is 12.1. The number of fused-ring (bicyclic) bond motifs is 1. The molecule has 112 valence electrons. The number of rotatable bonds is 2. The lowest BCUT2D eigenvalue weighted by atomic mass is 10.0. The molecular weight excluding hydrogens is 302 g/mol. The first-order valence-electron chi connectivity index (χ1n) is 6.44. The van der Waals surface area contributed by atoms with Crippen LogP contribution in [0.1, 0.15) is 0 Å². The van der Waals surface area contributed by atoms with Crippen molar-refractivity contribution in [1.82, 2.24) is 9.55 Å². The second kappa shape index (κ2) is 5.04. The first-order valence-corrected chi connectivity index (χ1v) is 7.99. The smallest absolute Gasteiger partial charge is 0.259 e. The fraction of sp³-hybridized carbons (Fsp3) is 0.0667. The van der Waals surface area contributed by atoms with Gasteiger partial charge in [0, 0.05) is 31.2 Å². The molecule has 0 spiro atoms. The van der Waals surface area contributed by atoms with Gasteiger partial charge in [-0.15, -0.1) is 0 Å². The van der Waals surface area contributed by atoms with Crippen molar-refractivity contribution in [3.05, 3.63) is 59.3 Å². The van der Waals surface area contributed by atoms with Crippen molar-refractivity contribution in [1.29, 1.82) is 0 Å². The van der Waals surface area contributed by atoms with Gasteiger partial charge in [-0.25, -0.2) is 13.6 Å². The van der Waals surface area contributed by atoms with E-state index in [1.807, 2.05) is 0 Å². The van der Waals surface area contributed by atoms with E-state index in [1.165, 1.54) is 22.9 Å². The van der Waals surface area contributed by atoms with Crippen molar-refractivity contribution >= 4 is 20.8 Å². The number of hydrogen-bond acceptors (Lipinski definition) is 4. The van der Waals surface area contributed by atoms with Crippen LogP contribution in [-0.2, 0) is 17.1 Å². The Morgan fingerprint density at radius 3 is 2.68 bits per heavy atom. The number of benzene rings is 1. The fourth-order valence-electron chi connectivity index (χ4n) is 2.38. The van der Waals surface area contributed by atoms with Gasteiger partial charge >= 0.3 is 0 Å². The summed E-state index contributed by atoms with van der Waals surface area (Å²) in [6.45, 7) is 0. The topological polar surface area (TPSA) is 95.1 Å². The third kappa shape index (κ3) is 2.40. The van der Waals surface area contributed by atoms with Crippen molar-refractivity contribution in [2.75, 3.05) is 0 Å². The number of aromatic nitrogens is 2. The lowest BCUT2D eigenvalue weighted by Crippen LogP contribution is -2.17. The molecule has 0 radical (unpaired) electrons. The van der Waals surface area contributed by atoms with Crippen molar-refractivity contribution in [2.45, 2.75) is 4.90 Å². The van der Waals surface area contributed by atoms with Crippen molar-refractivity contribution in [2.24, 2.45) is 12.2 Å². The number of hydrogen-bond donors (Lipinski definition) is 1. The number of sulfonamides is 1. The van der Waals surface area contributed by atoms with Gasteiger partial charge in [-0.05, 0) is 29.1 Å². The molecule has 7 heteroatoms. The Hall–Kier alpha value is -2.51. The summed E-state index contributed by atoms with van der Waals surface area (Å²) >= 11 is 0. The number of pyridine rings is 2. The minimum Gasteiger partial charge on any atom is -0.317 e. The van der Waals surface area contributed by atoms with E-state index >= 15 is 0 Å². The molecular formula is C15H13N3O3S. The highest BCUT2D eigenvalue weighted by Gasteiger charge is 2.12. The Bertz CT molecular complexity index is 1040. The molecule has 1 aromatic carbocycles. The molecule has 3 rings (SSSR count). The second-order valence-electron chi connectivity index (χ2n) is 4.95. The highest BCUT2D eigenvalue weighted by molar-refractivity contribution is 7.89. The van der Waals surface area contributed by atoms with E-state index in [-0.39, 0.29) is 10.5 Å². The molecule has 0 aliphatic carbocycles. The number of nitrogens with two attached hydrogens (primary N) is 1. The fourth-order valence-corrected chi connectivity index (χ4v) is 2.94. The van der Waals surface area contributed by atoms with Crippen molar-refractivity contribution in [3.8, 4) is 11.1 Å². The molecule has 0 bridgehead atoms. The normalized spacial score (nSPS) is 11.7. The highest BCUT2D eigenvalue weighted by Crippen LogP contribution is 2.27. The average molecular weight is 315 g/mol. The van der Waals surface area contributed by atoms with E-state index in [0.717, 1.165) is 5.56 Å². The van der Waals surface area contributed by atoms with E-state index in [9.17, 15) is 13.2 Å². The molecule has 0 saturated heterocycles. The Kier molecular flexibility index (Phi) is 3.31.